The van der Waals surface area contributed by atoms with E-state index in [1.165, 1.54) is 0 Å². The standard InChI is InChI=1S/C14H22NO6P/c1-2-3-6-21-13-5-4-10(8-12(15)14(16)17)7-11(13)9-22(18,19)20/h4-5,7,12H,2-3,6,8-9,15H2,1H3,(H,16,17)(H2,18,19,20)/t12-/m0/s1. The zero-order valence-electron chi connectivity index (χ0n) is 12.4. The van der Waals surface area contributed by atoms with Crippen molar-refractivity contribution in [2.24, 2.45) is 5.73 Å². The summed E-state index contributed by atoms with van der Waals surface area (Å²) in [4.78, 5) is 29.1. The Kier molecular flexibility index (Phi) is 7.03. The molecule has 1 aromatic rings. The fourth-order valence-corrected chi connectivity index (χ4v) is 2.60. The van der Waals surface area contributed by atoms with E-state index in [4.69, 9.17) is 25.4 Å². The van der Waals surface area contributed by atoms with E-state index in [9.17, 15) is 9.36 Å². The summed E-state index contributed by atoms with van der Waals surface area (Å²) in [6.45, 7) is 2.47. The van der Waals surface area contributed by atoms with Crippen molar-refractivity contribution in [3.05, 3.63) is 29.3 Å². The van der Waals surface area contributed by atoms with E-state index in [0.717, 1.165) is 12.8 Å². The first-order chi connectivity index (χ1) is 10.2. The minimum Gasteiger partial charge on any atom is -0.493 e. The molecule has 1 aromatic carbocycles. The minimum absolute atomic E-state index is 0.0821. The van der Waals surface area contributed by atoms with Crippen LogP contribution in [0, 0.1) is 0 Å². The monoisotopic (exact) mass is 331 g/mol. The molecule has 0 aliphatic rings. The molecule has 0 fully saturated rings. The summed E-state index contributed by atoms with van der Waals surface area (Å²) < 4.78 is 16.8. The number of carboxylic acids is 1. The number of carbonyl (C=O) groups is 1. The number of aliphatic carboxylic acids is 1. The van der Waals surface area contributed by atoms with Gasteiger partial charge in [-0.3, -0.25) is 9.36 Å². The van der Waals surface area contributed by atoms with Crippen LogP contribution in [0.15, 0.2) is 18.2 Å². The van der Waals surface area contributed by atoms with Crippen LogP contribution >= 0.6 is 7.60 Å². The Labute approximate surface area is 129 Å². The van der Waals surface area contributed by atoms with Crippen molar-refractivity contribution in [2.75, 3.05) is 6.61 Å². The molecule has 0 unspecified atom stereocenters. The molecule has 0 amide bonds. The third-order valence-corrected chi connectivity index (χ3v) is 3.78. The highest BCUT2D eigenvalue weighted by Crippen LogP contribution is 2.41. The Hall–Kier alpha value is -1.40. The molecule has 0 aliphatic carbocycles. The van der Waals surface area contributed by atoms with Gasteiger partial charge in [-0.25, -0.2) is 0 Å². The van der Waals surface area contributed by atoms with Gasteiger partial charge in [-0.2, -0.15) is 0 Å². The molecule has 0 radical (unpaired) electrons. The van der Waals surface area contributed by atoms with E-state index >= 15 is 0 Å². The maximum absolute atomic E-state index is 11.2. The third kappa shape index (κ3) is 6.58. The van der Waals surface area contributed by atoms with Gasteiger partial charge in [0, 0.05) is 5.56 Å². The predicted octanol–water partition coefficient (Wildman–Crippen LogP) is 1.50. The number of hydrogen-bond donors (Lipinski definition) is 4. The lowest BCUT2D eigenvalue weighted by atomic mass is 10.0. The number of unbranched alkanes of at least 4 members (excludes halogenated alkanes) is 1. The topological polar surface area (TPSA) is 130 Å². The molecule has 1 atom stereocenters. The van der Waals surface area contributed by atoms with Crippen molar-refractivity contribution in [3.8, 4) is 5.75 Å². The molecule has 8 heteroatoms. The van der Waals surface area contributed by atoms with Crippen LogP contribution in [0.4, 0.5) is 0 Å². The number of ether oxygens (including phenoxy) is 1. The predicted molar refractivity (Wildman–Crippen MR) is 81.9 cm³/mol. The van der Waals surface area contributed by atoms with Crippen molar-refractivity contribution in [1.82, 2.24) is 0 Å². The maximum atomic E-state index is 11.2. The van der Waals surface area contributed by atoms with Gasteiger partial charge in [0.2, 0.25) is 0 Å². The van der Waals surface area contributed by atoms with Gasteiger partial charge in [-0.15, -0.1) is 0 Å². The van der Waals surface area contributed by atoms with Crippen LogP contribution in [0.5, 0.6) is 5.75 Å². The summed E-state index contributed by atoms with van der Waals surface area (Å²) in [5.74, 6) is -0.718. The first kappa shape index (κ1) is 18.6. The van der Waals surface area contributed by atoms with Crippen LogP contribution < -0.4 is 10.5 Å². The van der Waals surface area contributed by atoms with Gasteiger partial charge >= 0.3 is 13.6 Å². The van der Waals surface area contributed by atoms with Crippen LogP contribution in [0.2, 0.25) is 0 Å². The Balaban J connectivity index is 2.97. The van der Waals surface area contributed by atoms with Crippen molar-refractivity contribution < 1.29 is 29.0 Å². The SMILES string of the molecule is CCCCOc1ccc(C[C@H](N)C(=O)O)cc1CP(=O)(O)O. The van der Waals surface area contributed by atoms with Gasteiger partial charge < -0.3 is 25.4 Å². The molecule has 0 saturated heterocycles. The van der Waals surface area contributed by atoms with Crippen LogP contribution in [0.25, 0.3) is 0 Å². The Morgan fingerprint density at radius 3 is 2.64 bits per heavy atom. The van der Waals surface area contributed by atoms with Crippen LogP contribution in [-0.4, -0.2) is 33.5 Å². The molecule has 0 aliphatic heterocycles. The lowest BCUT2D eigenvalue weighted by Crippen LogP contribution is -2.32. The maximum Gasteiger partial charge on any atom is 0.330 e. The van der Waals surface area contributed by atoms with E-state index in [1.807, 2.05) is 6.92 Å². The molecule has 0 saturated carbocycles. The summed E-state index contributed by atoms with van der Waals surface area (Å²) in [6, 6.07) is 3.75. The lowest BCUT2D eigenvalue weighted by Gasteiger charge is -2.14. The number of hydrogen-bond acceptors (Lipinski definition) is 4. The molecule has 0 aromatic heterocycles. The third-order valence-electron chi connectivity index (χ3n) is 3.03. The van der Waals surface area contributed by atoms with Crippen LogP contribution in [0.3, 0.4) is 0 Å². The first-order valence-electron chi connectivity index (χ1n) is 7.00. The fourth-order valence-electron chi connectivity index (χ4n) is 1.91. The zero-order valence-corrected chi connectivity index (χ0v) is 13.3. The highest BCUT2D eigenvalue weighted by atomic mass is 31.2. The molecule has 1 rings (SSSR count). The minimum atomic E-state index is -4.25. The molecule has 0 bridgehead atoms. The summed E-state index contributed by atoms with van der Waals surface area (Å²) in [7, 11) is -4.25. The average molecular weight is 331 g/mol. The Bertz CT molecular complexity index is 556. The summed E-state index contributed by atoms with van der Waals surface area (Å²) in [5, 5.41) is 8.82. The molecular formula is C14H22NO6P. The van der Waals surface area contributed by atoms with E-state index in [2.05, 4.69) is 0 Å². The van der Waals surface area contributed by atoms with Crippen molar-refractivity contribution in [3.63, 3.8) is 0 Å². The van der Waals surface area contributed by atoms with Crippen LogP contribution in [-0.2, 0) is 21.9 Å². The Morgan fingerprint density at radius 2 is 2.09 bits per heavy atom. The summed E-state index contributed by atoms with van der Waals surface area (Å²) in [5.41, 5.74) is 6.44. The largest absolute Gasteiger partial charge is 0.493 e. The van der Waals surface area contributed by atoms with E-state index in [0.29, 0.717) is 23.5 Å². The molecule has 0 heterocycles. The average Bonchev–Trinajstić information content (AvgIpc) is 2.39. The van der Waals surface area contributed by atoms with Crippen molar-refractivity contribution >= 4 is 13.6 Å². The summed E-state index contributed by atoms with van der Waals surface area (Å²) >= 11 is 0. The van der Waals surface area contributed by atoms with E-state index < -0.39 is 25.8 Å². The molecular weight excluding hydrogens is 309 g/mol. The second-order valence-electron chi connectivity index (χ2n) is 5.12. The van der Waals surface area contributed by atoms with Gasteiger partial charge in [-0.05, 0) is 24.5 Å². The van der Waals surface area contributed by atoms with E-state index in [-0.39, 0.29) is 6.42 Å². The molecule has 124 valence electrons. The highest BCUT2D eigenvalue weighted by molar-refractivity contribution is 7.50. The highest BCUT2D eigenvalue weighted by Gasteiger charge is 2.19. The van der Waals surface area contributed by atoms with Gasteiger partial charge in [-0.1, -0.05) is 25.5 Å². The number of benzene rings is 1. The molecule has 22 heavy (non-hydrogen) atoms. The molecule has 7 nitrogen and oxygen atoms in total. The van der Waals surface area contributed by atoms with Gasteiger partial charge in [0.15, 0.2) is 0 Å². The zero-order chi connectivity index (χ0) is 16.8. The molecule has 0 spiro atoms. The van der Waals surface area contributed by atoms with Gasteiger partial charge in [0.1, 0.15) is 11.8 Å². The van der Waals surface area contributed by atoms with Crippen molar-refractivity contribution in [1.29, 1.82) is 0 Å². The number of nitrogens with two attached hydrogens (primary N) is 1. The Morgan fingerprint density at radius 1 is 1.41 bits per heavy atom. The second kappa shape index (κ2) is 8.29. The first-order valence-corrected chi connectivity index (χ1v) is 8.80. The smallest absolute Gasteiger partial charge is 0.330 e. The molecule has 5 N–H and O–H groups in total. The fraction of sp³-hybridized carbons (Fsp3) is 0.500. The number of carboxylic acid groups (broad SMARTS) is 1. The van der Waals surface area contributed by atoms with Gasteiger partial charge in [0.25, 0.3) is 0 Å². The lowest BCUT2D eigenvalue weighted by molar-refractivity contribution is -0.138. The van der Waals surface area contributed by atoms with Crippen LogP contribution in [0.1, 0.15) is 30.9 Å². The number of rotatable bonds is 9. The second-order valence-corrected chi connectivity index (χ2v) is 6.76. The van der Waals surface area contributed by atoms with Gasteiger partial charge in [0.05, 0.1) is 12.8 Å². The van der Waals surface area contributed by atoms with Crippen molar-refractivity contribution in [2.45, 2.75) is 38.4 Å². The normalized spacial score (nSPS) is 12.9. The summed E-state index contributed by atoms with van der Waals surface area (Å²) in [6.07, 6.45) is 1.41. The quantitative estimate of drug-likeness (QED) is 0.398. The van der Waals surface area contributed by atoms with E-state index in [1.54, 1.807) is 18.2 Å².